The van der Waals surface area contributed by atoms with Crippen LogP contribution < -0.4 is 5.32 Å². The summed E-state index contributed by atoms with van der Waals surface area (Å²) in [5, 5.41) is 11.4. The highest BCUT2D eigenvalue weighted by Crippen LogP contribution is 2.18. The van der Waals surface area contributed by atoms with Gasteiger partial charge in [0.1, 0.15) is 6.54 Å². The van der Waals surface area contributed by atoms with Crippen molar-refractivity contribution >= 4 is 5.91 Å². The van der Waals surface area contributed by atoms with Gasteiger partial charge in [-0.3, -0.25) is 9.69 Å². The number of β-amino-alcohol motifs (C(OH)–C–C–N with tert-alkyl or cyclic N) is 1. The first-order chi connectivity index (χ1) is 8.67. The normalized spacial score (nSPS) is 25.0. The molecular weight excluding hydrogens is 263 g/mol. The van der Waals surface area contributed by atoms with Crippen LogP contribution in [0.2, 0.25) is 0 Å². The summed E-state index contributed by atoms with van der Waals surface area (Å²) in [6.07, 6.45) is -4.39. The number of halogens is 3. The zero-order valence-corrected chi connectivity index (χ0v) is 11.1. The van der Waals surface area contributed by atoms with Gasteiger partial charge < -0.3 is 15.3 Å². The van der Waals surface area contributed by atoms with Gasteiger partial charge in [-0.25, -0.2) is 0 Å². The topological polar surface area (TPSA) is 55.8 Å². The van der Waals surface area contributed by atoms with Crippen molar-refractivity contribution in [2.75, 3.05) is 40.3 Å². The molecule has 0 aromatic heterocycles. The zero-order valence-electron chi connectivity index (χ0n) is 11.1. The van der Waals surface area contributed by atoms with Crippen LogP contribution in [0, 0.1) is 0 Å². The van der Waals surface area contributed by atoms with E-state index < -0.39 is 24.7 Å². The number of aliphatic hydroxyl groups excluding tert-OH is 1. The van der Waals surface area contributed by atoms with E-state index in [4.69, 9.17) is 0 Å². The number of alkyl halides is 3. The Hall–Kier alpha value is -0.860. The number of nitrogens with zero attached hydrogens (tertiary/aromatic N) is 2. The van der Waals surface area contributed by atoms with E-state index in [0.29, 0.717) is 19.5 Å². The number of aliphatic hydroxyl groups is 1. The Kier molecular flexibility index (Phi) is 5.57. The predicted octanol–water partition coefficient (Wildman–Crippen LogP) is -0.338. The van der Waals surface area contributed by atoms with Gasteiger partial charge >= 0.3 is 6.18 Å². The maximum atomic E-state index is 12.0. The van der Waals surface area contributed by atoms with Crippen LogP contribution in [0.5, 0.6) is 0 Å². The van der Waals surface area contributed by atoms with Crippen LogP contribution in [0.4, 0.5) is 13.2 Å². The fraction of sp³-hybridized carbons (Fsp3) is 0.909. The van der Waals surface area contributed by atoms with E-state index in [2.05, 4.69) is 0 Å². The number of amides is 1. The molecular formula is C11H20F3N3O2. The highest BCUT2D eigenvalue weighted by atomic mass is 19.4. The molecule has 1 aliphatic rings. The molecule has 0 aromatic carbocycles. The third kappa shape index (κ3) is 6.22. The van der Waals surface area contributed by atoms with Crippen molar-refractivity contribution in [1.82, 2.24) is 15.1 Å². The monoisotopic (exact) mass is 283 g/mol. The van der Waals surface area contributed by atoms with E-state index in [-0.39, 0.29) is 12.6 Å². The van der Waals surface area contributed by atoms with Gasteiger partial charge in [-0.2, -0.15) is 13.2 Å². The highest BCUT2D eigenvalue weighted by molar-refractivity contribution is 5.78. The molecule has 1 rings (SSSR count). The fourth-order valence-corrected chi connectivity index (χ4v) is 2.20. The maximum absolute atomic E-state index is 12.0. The quantitative estimate of drug-likeness (QED) is 0.725. The molecule has 0 spiro atoms. The lowest BCUT2D eigenvalue weighted by Gasteiger charge is -2.26. The van der Waals surface area contributed by atoms with Crippen molar-refractivity contribution in [3.05, 3.63) is 0 Å². The van der Waals surface area contributed by atoms with Crippen molar-refractivity contribution in [3.63, 3.8) is 0 Å². The summed E-state index contributed by atoms with van der Waals surface area (Å²) < 4.78 is 35.9. The van der Waals surface area contributed by atoms with Gasteiger partial charge in [0.25, 0.3) is 0 Å². The second-order valence-corrected chi connectivity index (χ2v) is 5.13. The maximum Gasteiger partial charge on any atom is 0.405 e. The van der Waals surface area contributed by atoms with E-state index >= 15 is 0 Å². The number of rotatable bonds is 5. The third-order valence-corrected chi connectivity index (χ3v) is 2.91. The van der Waals surface area contributed by atoms with Crippen LogP contribution in [-0.4, -0.2) is 79.4 Å². The molecule has 1 heterocycles. The fourth-order valence-electron chi connectivity index (χ4n) is 2.20. The number of carbonyl (C=O) groups excluding carboxylic acids is 1. The molecule has 0 saturated carbocycles. The highest BCUT2D eigenvalue weighted by Gasteiger charge is 2.33. The summed E-state index contributed by atoms with van der Waals surface area (Å²) in [6, 6.07) is -0.0124. The van der Waals surface area contributed by atoms with Gasteiger partial charge in [-0.15, -0.1) is 0 Å². The first-order valence-electron chi connectivity index (χ1n) is 6.07. The second-order valence-electron chi connectivity index (χ2n) is 5.13. The molecule has 1 aliphatic heterocycles. The molecule has 1 saturated heterocycles. The van der Waals surface area contributed by atoms with E-state index in [0.717, 1.165) is 0 Å². The molecule has 1 fully saturated rings. The zero-order chi connectivity index (χ0) is 14.6. The van der Waals surface area contributed by atoms with Crippen molar-refractivity contribution in [3.8, 4) is 0 Å². The number of nitrogens with one attached hydrogen (secondary N) is 1. The number of carbonyl (C=O) groups is 1. The molecule has 112 valence electrons. The average molecular weight is 283 g/mol. The Balaban J connectivity index is 2.43. The summed E-state index contributed by atoms with van der Waals surface area (Å²) in [5.74, 6) is -0.671. The Morgan fingerprint density at radius 1 is 1.47 bits per heavy atom. The standard InChI is InChI=1S/C11H20F3N3O2/c1-16(2)4-8-3-9(18)5-17(8)6-10(19)15-7-11(12,13)14/h8-9,18H,3-7H2,1-2H3,(H,15,19). The Labute approximate surface area is 110 Å². The van der Waals surface area contributed by atoms with Gasteiger partial charge in [0.2, 0.25) is 5.91 Å². The molecule has 1 amide bonds. The second kappa shape index (κ2) is 6.53. The molecule has 5 nitrogen and oxygen atoms in total. The van der Waals surface area contributed by atoms with Crippen LogP contribution >= 0.6 is 0 Å². The number of likely N-dealkylation sites (N-methyl/N-ethyl adjacent to an activating group) is 1. The van der Waals surface area contributed by atoms with E-state index in [1.54, 1.807) is 4.90 Å². The number of hydrogen-bond acceptors (Lipinski definition) is 4. The summed E-state index contributed by atoms with van der Waals surface area (Å²) in [7, 11) is 3.74. The van der Waals surface area contributed by atoms with Crippen LogP contribution in [-0.2, 0) is 4.79 Å². The molecule has 0 aliphatic carbocycles. The molecule has 2 N–H and O–H groups in total. The minimum atomic E-state index is -4.40. The molecule has 2 atom stereocenters. The minimum absolute atomic E-state index is 0.0124. The molecule has 0 radical (unpaired) electrons. The SMILES string of the molecule is CN(C)CC1CC(O)CN1CC(=O)NCC(F)(F)F. The lowest BCUT2D eigenvalue weighted by atomic mass is 10.2. The van der Waals surface area contributed by atoms with Crippen molar-refractivity contribution < 1.29 is 23.1 Å². The molecule has 0 aromatic rings. The predicted molar refractivity (Wildman–Crippen MR) is 63.6 cm³/mol. The Morgan fingerprint density at radius 3 is 2.63 bits per heavy atom. The summed E-state index contributed by atoms with van der Waals surface area (Å²) in [5.41, 5.74) is 0. The van der Waals surface area contributed by atoms with Crippen LogP contribution in [0.25, 0.3) is 0 Å². The van der Waals surface area contributed by atoms with Crippen LogP contribution in [0.15, 0.2) is 0 Å². The van der Waals surface area contributed by atoms with Gasteiger partial charge in [-0.05, 0) is 20.5 Å². The molecule has 19 heavy (non-hydrogen) atoms. The van der Waals surface area contributed by atoms with Crippen molar-refractivity contribution in [2.24, 2.45) is 0 Å². The van der Waals surface area contributed by atoms with Crippen LogP contribution in [0.3, 0.4) is 0 Å². The van der Waals surface area contributed by atoms with Crippen LogP contribution in [0.1, 0.15) is 6.42 Å². The van der Waals surface area contributed by atoms with E-state index in [1.165, 1.54) is 0 Å². The first-order valence-corrected chi connectivity index (χ1v) is 6.07. The summed E-state index contributed by atoms with van der Waals surface area (Å²) in [6.45, 7) is -0.465. The van der Waals surface area contributed by atoms with Crippen molar-refractivity contribution in [2.45, 2.75) is 24.7 Å². The lowest BCUT2D eigenvalue weighted by molar-refractivity contribution is -0.139. The van der Waals surface area contributed by atoms with Gasteiger partial charge in [0, 0.05) is 19.1 Å². The van der Waals surface area contributed by atoms with Gasteiger partial charge in [-0.1, -0.05) is 0 Å². The van der Waals surface area contributed by atoms with E-state index in [1.807, 2.05) is 24.3 Å². The minimum Gasteiger partial charge on any atom is -0.392 e. The first kappa shape index (κ1) is 16.2. The Bertz CT molecular complexity index is 310. The summed E-state index contributed by atoms with van der Waals surface area (Å²) >= 11 is 0. The largest absolute Gasteiger partial charge is 0.405 e. The summed E-state index contributed by atoms with van der Waals surface area (Å²) in [4.78, 5) is 15.1. The van der Waals surface area contributed by atoms with E-state index in [9.17, 15) is 23.1 Å². The molecule has 2 unspecified atom stereocenters. The Morgan fingerprint density at radius 2 is 2.11 bits per heavy atom. The third-order valence-electron chi connectivity index (χ3n) is 2.91. The van der Waals surface area contributed by atoms with Gasteiger partial charge in [0.15, 0.2) is 0 Å². The number of hydrogen-bond donors (Lipinski definition) is 2. The number of likely N-dealkylation sites (tertiary alicyclic amines) is 1. The lowest BCUT2D eigenvalue weighted by Crippen LogP contribution is -2.45. The van der Waals surface area contributed by atoms with Crippen molar-refractivity contribution in [1.29, 1.82) is 0 Å². The molecule has 0 bridgehead atoms. The van der Waals surface area contributed by atoms with Gasteiger partial charge in [0.05, 0.1) is 12.6 Å². The molecule has 8 heteroatoms. The smallest absolute Gasteiger partial charge is 0.392 e. The average Bonchev–Trinajstić information content (AvgIpc) is 2.54.